The van der Waals surface area contributed by atoms with Crippen LogP contribution in [0.1, 0.15) is 37.4 Å². The number of methoxy groups -OCH3 is 1. The number of aryl methyl sites for hydroxylation is 1. The first-order chi connectivity index (χ1) is 22.4. The molecule has 0 aliphatic carbocycles. The Kier molecular flexibility index (Phi) is 8.88. The highest BCUT2D eigenvalue weighted by Crippen LogP contribution is 2.29. The van der Waals surface area contributed by atoms with E-state index in [-0.39, 0.29) is 11.6 Å². The van der Waals surface area contributed by atoms with E-state index in [1.54, 1.807) is 104 Å². The first kappa shape index (κ1) is 29.9. The van der Waals surface area contributed by atoms with Gasteiger partial charge in [0.25, 0.3) is 0 Å². The zero-order valence-corrected chi connectivity index (χ0v) is 25.3. The SMILES string of the molecule is COc1ccc(Oc2ccc(C(=O)c3ccc(Oc4ccc(Oc5ccc(C(=O)c6ccc(C)cc6)cc5)cc4)cc3)cc2)cc1. The molecule has 0 aliphatic rings. The summed E-state index contributed by atoms with van der Waals surface area (Å²) >= 11 is 0. The molecule has 0 aromatic heterocycles. The molecule has 226 valence electrons. The quantitative estimate of drug-likeness (QED) is 0.137. The highest BCUT2D eigenvalue weighted by atomic mass is 16.5. The first-order valence-electron chi connectivity index (χ1n) is 14.7. The van der Waals surface area contributed by atoms with Crippen molar-refractivity contribution >= 4 is 11.6 Å². The average molecular weight is 607 g/mol. The van der Waals surface area contributed by atoms with Crippen molar-refractivity contribution in [1.82, 2.24) is 0 Å². The van der Waals surface area contributed by atoms with Crippen LogP contribution in [-0.2, 0) is 0 Å². The maximum Gasteiger partial charge on any atom is 0.193 e. The van der Waals surface area contributed by atoms with E-state index in [1.165, 1.54) is 0 Å². The molecule has 46 heavy (non-hydrogen) atoms. The van der Waals surface area contributed by atoms with E-state index in [1.807, 2.05) is 55.5 Å². The topological polar surface area (TPSA) is 71.1 Å². The molecule has 0 fully saturated rings. The summed E-state index contributed by atoms with van der Waals surface area (Å²) < 4.78 is 22.9. The number of carbonyl (C=O) groups excluding carboxylic acids is 2. The summed E-state index contributed by atoms with van der Waals surface area (Å²) in [7, 11) is 1.61. The minimum atomic E-state index is -0.100. The molecule has 0 unspecified atom stereocenters. The molecule has 0 radical (unpaired) electrons. The molecule has 0 saturated heterocycles. The lowest BCUT2D eigenvalue weighted by molar-refractivity contribution is 0.103. The van der Waals surface area contributed by atoms with Gasteiger partial charge in [0.05, 0.1) is 7.11 Å². The van der Waals surface area contributed by atoms with Crippen LogP contribution in [0.15, 0.2) is 146 Å². The minimum absolute atomic E-state index is 0.0316. The molecule has 0 spiro atoms. The van der Waals surface area contributed by atoms with Gasteiger partial charge in [-0.2, -0.15) is 0 Å². The van der Waals surface area contributed by atoms with E-state index in [0.29, 0.717) is 56.8 Å². The third-order valence-corrected chi connectivity index (χ3v) is 7.25. The van der Waals surface area contributed by atoms with Gasteiger partial charge in [-0.25, -0.2) is 0 Å². The fourth-order valence-corrected chi connectivity index (χ4v) is 4.69. The molecular formula is C40H30O6. The van der Waals surface area contributed by atoms with Crippen molar-refractivity contribution in [2.24, 2.45) is 0 Å². The number of benzene rings is 6. The standard InChI is InChI=1S/C40H30O6/c1-27-3-5-28(6-4-27)39(41)29-7-13-34(14-8-29)45-37-23-25-38(26-24-37)46-35-17-11-31(12-18-35)40(42)30-9-15-33(16-10-30)44-36-21-19-32(43-2)20-22-36/h3-26H,1-2H3. The Balaban J connectivity index is 1.02. The van der Waals surface area contributed by atoms with E-state index < -0.39 is 0 Å². The fraction of sp³-hybridized carbons (Fsp3) is 0.0500. The fourth-order valence-electron chi connectivity index (χ4n) is 4.69. The van der Waals surface area contributed by atoms with Gasteiger partial charge in [-0.3, -0.25) is 9.59 Å². The van der Waals surface area contributed by atoms with Crippen molar-refractivity contribution in [2.75, 3.05) is 7.11 Å². The number of ether oxygens (including phenoxy) is 4. The summed E-state index contributed by atoms with van der Waals surface area (Å²) in [5.41, 5.74) is 3.46. The molecule has 6 aromatic rings. The maximum absolute atomic E-state index is 13.0. The van der Waals surface area contributed by atoms with Crippen LogP contribution in [0.3, 0.4) is 0 Å². The molecule has 6 rings (SSSR count). The molecule has 0 bridgehead atoms. The molecule has 0 saturated carbocycles. The lowest BCUT2D eigenvalue weighted by Gasteiger charge is -2.10. The average Bonchev–Trinajstić information content (AvgIpc) is 3.10. The summed E-state index contributed by atoms with van der Waals surface area (Å²) in [6, 6.07) is 43.1. The van der Waals surface area contributed by atoms with Gasteiger partial charge in [-0.05, 0) is 128 Å². The van der Waals surface area contributed by atoms with Crippen LogP contribution >= 0.6 is 0 Å². The Morgan fingerprint density at radius 3 is 0.826 bits per heavy atom. The predicted molar refractivity (Wildman–Crippen MR) is 177 cm³/mol. The number of hydrogen-bond donors (Lipinski definition) is 0. The zero-order valence-electron chi connectivity index (χ0n) is 25.3. The predicted octanol–water partition coefficient (Wildman–Crippen LogP) is 9.84. The van der Waals surface area contributed by atoms with Crippen molar-refractivity contribution in [3.05, 3.63) is 173 Å². The molecule has 0 atom stereocenters. The van der Waals surface area contributed by atoms with Crippen LogP contribution in [0, 0.1) is 6.92 Å². The molecule has 0 heterocycles. The third-order valence-electron chi connectivity index (χ3n) is 7.25. The Hall–Kier alpha value is -6.14. The third kappa shape index (κ3) is 7.31. The number of rotatable bonds is 11. The number of carbonyl (C=O) groups is 2. The second-order valence-corrected chi connectivity index (χ2v) is 10.6. The van der Waals surface area contributed by atoms with Gasteiger partial charge < -0.3 is 18.9 Å². The van der Waals surface area contributed by atoms with Crippen LogP contribution in [0.5, 0.6) is 40.2 Å². The molecular weight excluding hydrogens is 576 g/mol. The zero-order chi connectivity index (χ0) is 31.9. The van der Waals surface area contributed by atoms with Crippen LogP contribution < -0.4 is 18.9 Å². The second-order valence-electron chi connectivity index (χ2n) is 10.6. The minimum Gasteiger partial charge on any atom is -0.497 e. The van der Waals surface area contributed by atoms with Gasteiger partial charge in [0.15, 0.2) is 11.6 Å². The van der Waals surface area contributed by atoms with Gasteiger partial charge in [0.1, 0.15) is 40.2 Å². The van der Waals surface area contributed by atoms with Crippen molar-refractivity contribution in [1.29, 1.82) is 0 Å². The summed E-state index contributed by atoms with van der Waals surface area (Å²) in [5, 5.41) is 0. The van der Waals surface area contributed by atoms with E-state index in [2.05, 4.69) is 0 Å². The van der Waals surface area contributed by atoms with Crippen molar-refractivity contribution < 1.29 is 28.5 Å². The highest BCUT2D eigenvalue weighted by molar-refractivity contribution is 6.09. The van der Waals surface area contributed by atoms with Gasteiger partial charge in [-0.15, -0.1) is 0 Å². The van der Waals surface area contributed by atoms with Gasteiger partial charge >= 0.3 is 0 Å². The summed E-state index contributed by atoms with van der Waals surface area (Å²) in [6.45, 7) is 1.99. The van der Waals surface area contributed by atoms with E-state index >= 15 is 0 Å². The lowest BCUT2D eigenvalue weighted by Crippen LogP contribution is -2.01. The van der Waals surface area contributed by atoms with Gasteiger partial charge in [-0.1, -0.05) is 29.8 Å². The van der Waals surface area contributed by atoms with Gasteiger partial charge in [0.2, 0.25) is 0 Å². The summed E-state index contributed by atoms with van der Waals surface area (Å²) in [5.74, 6) is 4.40. The van der Waals surface area contributed by atoms with Gasteiger partial charge in [0, 0.05) is 22.3 Å². The Morgan fingerprint density at radius 1 is 0.348 bits per heavy atom. The monoisotopic (exact) mass is 606 g/mol. The van der Waals surface area contributed by atoms with Crippen LogP contribution in [0.25, 0.3) is 0 Å². The molecule has 6 heteroatoms. The Labute approximate surface area is 267 Å². The molecule has 0 aliphatic heterocycles. The maximum atomic E-state index is 13.0. The van der Waals surface area contributed by atoms with Crippen molar-refractivity contribution in [3.8, 4) is 40.2 Å². The summed E-state index contributed by atoms with van der Waals surface area (Å²) in [4.78, 5) is 25.8. The Bertz CT molecular complexity index is 1930. The van der Waals surface area contributed by atoms with E-state index in [4.69, 9.17) is 18.9 Å². The number of ketones is 2. The normalized spacial score (nSPS) is 10.6. The Morgan fingerprint density at radius 2 is 0.565 bits per heavy atom. The smallest absolute Gasteiger partial charge is 0.193 e. The van der Waals surface area contributed by atoms with E-state index in [9.17, 15) is 9.59 Å². The first-order valence-corrected chi connectivity index (χ1v) is 14.7. The number of hydrogen-bond acceptors (Lipinski definition) is 6. The molecule has 0 N–H and O–H groups in total. The van der Waals surface area contributed by atoms with Crippen LogP contribution in [-0.4, -0.2) is 18.7 Å². The molecule has 0 amide bonds. The van der Waals surface area contributed by atoms with Crippen LogP contribution in [0.2, 0.25) is 0 Å². The molecule has 6 aromatic carbocycles. The van der Waals surface area contributed by atoms with Crippen LogP contribution in [0.4, 0.5) is 0 Å². The lowest BCUT2D eigenvalue weighted by atomic mass is 10.0. The largest absolute Gasteiger partial charge is 0.497 e. The highest BCUT2D eigenvalue weighted by Gasteiger charge is 2.11. The van der Waals surface area contributed by atoms with Crippen molar-refractivity contribution in [2.45, 2.75) is 6.92 Å². The second kappa shape index (κ2) is 13.7. The van der Waals surface area contributed by atoms with Crippen molar-refractivity contribution in [3.63, 3.8) is 0 Å². The van der Waals surface area contributed by atoms with E-state index in [0.717, 1.165) is 11.3 Å². The molecule has 6 nitrogen and oxygen atoms in total. The summed E-state index contributed by atoms with van der Waals surface area (Å²) in [6.07, 6.45) is 0.